The number of rotatable bonds is 7. The topological polar surface area (TPSA) is 65.3 Å². The maximum atomic E-state index is 11.0. The first-order chi connectivity index (χ1) is 19.0. The molecular formula is C33H30N3O2Sn. The van der Waals surface area contributed by atoms with E-state index in [0.29, 0.717) is 11.4 Å². The Morgan fingerprint density at radius 2 is 1.03 bits per heavy atom. The van der Waals surface area contributed by atoms with Crippen LogP contribution in [0.15, 0.2) is 150 Å². The molecule has 0 atom stereocenters. The summed E-state index contributed by atoms with van der Waals surface area (Å²) in [4.78, 5) is 13.0. The molecule has 39 heavy (non-hydrogen) atoms. The van der Waals surface area contributed by atoms with Gasteiger partial charge in [-0.3, -0.25) is 0 Å². The predicted octanol–water partition coefficient (Wildman–Crippen LogP) is 6.07. The van der Waals surface area contributed by atoms with Gasteiger partial charge in [0.05, 0.1) is 11.3 Å². The van der Waals surface area contributed by atoms with Crippen LogP contribution in [0.25, 0.3) is 0 Å². The molecule has 0 unspecified atom stereocenters. The third-order valence-corrected chi connectivity index (χ3v) is 13.8. The predicted molar refractivity (Wildman–Crippen MR) is 162 cm³/mol. The molecule has 0 amide bonds. The van der Waals surface area contributed by atoms with Gasteiger partial charge in [0.15, 0.2) is 0 Å². The van der Waals surface area contributed by atoms with Gasteiger partial charge in [-0.1, -0.05) is 12.1 Å². The summed E-state index contributed by atoms with van der Waals surface area (Å²) >= 11 is -1.98. The van der Waals surface area contributed by atoms with E-state index in [-0.39, 0.29) is 5.56 Å². The van der Waals surface area contributed by atoms with E-state index >= 15 is 0 Å². The monoisotopic (exact) mass is 620 g/mol. The molecule has 5 aromatic rings. The summed E-state index contributed by atoms with van der Waals surface area (Å²) in [5.74, 6) is -1.01. The molecule has 0 heterocycles. The molecular weight excluding hydrogens is 589 g/mol. The molecule has 1 N–H and O–H groups in total. The summed E-state index contributed by atoms with van der Waals surface area (Å²) in [7, 11) is 3.92. The molecule has 0 fully saturated rings. The van der Waals surface area contributed by atoms with E-state index in [1.54, 1.807) is 18.2 Å². The summed E-state index contributed by atoms with van der Waals surface area (Å²) in [6.07, 6.45) is 0. The van der Waals surface area contributed by atoms with Crippen LogP contribution < -0.4 is 15.6 Å². The normalized spacial score (nSPS) is 10.6. The number of aromatic carboxylic acids is 1. The van der Waals surface area contributed by atoms with E-state index in [2.05, 4.69) is 101 Å². The maximum absolute atomic E-state index is 11.0. The quantitative estimate of drug-likeness (QED) is 0.178. The number of hydrogen-bond acceptors (Lipinski definition) is 4. The van der Waals surface area contributed by atoms with Gasteiger partial charge >= 0.3 is 127 Å². The van der Waals surface area contributed by atoms with Crippen molar-refractivity contribution < 1.29 is 9.90 Å². The molecule has 0 saturated heterocycles. The van der Waals surface area contributed by atoms with Crippen molar-refractivity contribution in [2.24, 2.45) is 10.2 Å². The van der Waals surface area contributed by atoms with E-state index in [9.17, 15) is 4.79 Å². The van der Waals surface area contributed by atoms with Crippen LogP contribution in [0, 0.1) is 0 Å². The zero-order chi connectivity index (χ0) is 27.5. The third-order valence-electron chi connectivity index (χ3n) is 5.96. The fourth-order valence-corrected chi connectivity index (χ4v) is 11.3. The molecule has 0 saturated carbocycles. The number of carboxylic acid groups (broad SMARTS) is 1. The molecule has 0 spiro atoms. The Balaban J connectivity index is 0.000000181. The second kappa shape index (κ2) is 14.1. The summed E-state index contributed by atoms with van der Waals surface area (Å²) in [5, 5.41) is 17.1. The van der Waals surface area contributed by atoms with Crippen molar-refractivity contribution in [3.8, 4) is 0 Å². The first-order valence-electron chi connectivity index (χ1n) is 12.6. The van der Waals surface area contributed by atoms with Crippen molar-refractivity contribution in [3.63, 3.8) is 0 Å². The van der Waals surface area contributed by atoms with Crippen molar-refractivity contribution >= 4 is 53.5 Å². The van der Waals surface area contributed by atoms with Gasteiger partial charge in [-0.15, -0.1) is 5.11 Å². The Morgan fingerprint density at radius 1 is 0.590 bits per heavy atom. The fraction of sp³-hybridized carbons (Fsp3) is 0.0606. The van der Waals surface area contributed by atoms with Crippen molar-refractivity contribution in [3.05, 3.63) is 145 Å². The molecule has 0 aliphatic carbocycles. The molecule has 6 heteroatoms. The zero-order valence-corrected chi connectivity index (χ0v) is 24.8. The molecule has 5 aromatic carbocycles. The molecule has 1 radical (unpaired) electrons. The SMILES string of the molecule is CN(C)c1ccc(N=Nc2ccccc2C(=O)O)cc1.c1cc[c]([Sn]([c]2ccccc2)[c]2ccccc2)cc1. The fourth-order valence-electron chi connectivity index (χ4n) is 3.99. The molecule has 0 aliphatic rings. The van der Waals surface area contributed by atoms with E-state index in [1.165, 1.54) is 16.8 Å². The first kappa shape index (κ1) is 27.8. The van der Waals surface area contributed by atoms with E-state index in [0.717, 1.165) is 5.69 Å². The Morgan fingerprint density at radius 3 is 1.46 bits per heavy atom. The molecule has 5 nitrogen and oxygen atoms in total. The van der Waals surface area contributed by atoms with Crippen LogP contribution in [0.1, 0.15) is 10.4 Å². The number of azo groups is 1. The summed E-state index contributed by atoms with van der Waals surface area (Å²) in [6, 6.07) is 47.0. The molecule has 0 aliphatic heterocycles. The molecule has 5 rings (SSSR count). The van der Waals surface area contributed by atoms with Crippen LogP contribution in [-0.4, -0.2) is 44.9 Å². The van der Waals surface area contributed by atoms with Gasteiger partial charge in [0.1, 0.15) is 5.69 Å². The number of anilines is 1. The van der Waals surface area contributed by atoms with Gasteiger partial charge in [-0.2, -0.15) is 5.11 Å². The minimum absolute atomic E-state index is 0.140. The number of hydrogen-bond donors (Lipinski definition) is 1. The minimum atomic E-state index is -1.98. The summed E-state index contributed by atoms with van der Waals surface area (Å²) in [6.45, 7) is 0. The van der Waals surface area contributed by atoms with Crippen molar-refractivity contribution in [1.29, 1.82) is 0 Å². The number of benzene rings is 5. The zero-order valence-electron chi connectivity index (χ0n) is 22.0. The molecule has 0 bridgehead atoms. The van der Waals surface area contributed by atoms with Crippen LogP contribution in [0.2, 0.25) is 0 Å². The van der Waals surface area contributed by atoms with Crippen LogP contribution in [0.3, 0.4) is 0 Å². The van der Waals surface area contributed by atoms with Crippen LogP contribution in [-0.2, 0) is 0 Å². The van der Waals surface area contributed by atoms with Crippen molar-refractivity contribution in [2.45, 2.75) is 0 Å². The molecule has 0 aromatic heterocycles. The van der Waals surface area contributed by atoms with Gasteiger partial charge in [0.25, 0.3) is 0 Å². The summed E-state index contributed by atoms with van der Waals surface area (Å²) < 4.78 is 4.59. The Bertz CT molecular complexity index is 1400. The Hall–Kier alpha value is -4.23. The van der Waals surface area contributed by atoms with E-state index in [1.807, 2.05) is 43.3 Å². The van der Waals surface area contributed by atoms with Crippen molar-refractivity contribution in [2.75, 3.05) is 19.0 Å². The van der Waals surface area contributed by atoms with Crippen LogP contribution >= 0.6 is 0 Å². The van der Waals surface area contributed by atoms with Gasteiger partial charge < -0.3 is 10.0 Å². The van der Waals surface area contributed by atoms with Gasteiger partial charge in [0, 0.05) is 19.8 Å². The van der Waals surface area contributed by atoms with Crippen LogP contribution in [0.5, 0.6) is 0 Å². The second-order valence-electron chi connectivity index (χ2n) is 8.91. The van der Waals surface area contributed by atoms with Crippen LogP contribution in [0.4, 0.5) is 17.1 Å². The average molecular weight is 619 g/mol. The summed E-state index contributed by atoms with van der Waals surface area (Å²) in [5.41, 5.74) is 2.23. The van der Waals surface area contributed by atoms with E-state index in [4.69, 9.17) is 5.11 Å². The second-order valence-corrected chi connectivity index (χ2v) is 16.0. The standard InChI is InChI=1S/C15H15N3O2.3C6H5.Sn/c1-18(2)12-9-7-11(8-10-12)16-17-14-6-4-3-5-13(14)15(19)20;3*1-2-4-6-5-3-1;/h3-10H,1-2H3,(H,19,20);3*1-5H;. The Labute approximate surface area is 236 Å². The van der Waals surface area contributed by atoms with Crippen molar-refractivity contribution in [1.82, 2.24) is 0 Å². The van der Waals surface area contributed by atoms with E-state index < -0.39 is 25.7 Å². The number of nitrogens with zero attached hydrogens (tertiary/aromatic N) is 3. The number of carbonyl (C=O) groups is 1. The van der Waals surface area contributed by atoms with Gasteiger partial charge in [-0.05, 0) is 36.4 Å². The first-order valence-corrected chi connectivity index (χ1v) is 16.9. The third kappa shape index (κ3) is 7.88. The number of carboxylic acids is 1. The Kier molecular flexibility index (Phi) is 10.0. The van der Waals surface area contributed by atoms with Gasteiger partial charge in [-0.25, -0.2) is 4.79 Å². The average Bonchev–Trinajstić information content (AvgIpc) is 2.98. The van der Waals surface area contributed by atoms with Gasteiger partial charge in [0.2, 0.25) is 0 Å². The molecule has 193 valence electrons.